The van der Waals surface area contributed by atoms with Gasteiger partial charge in [-0.25, -0.2) is 13.1 Å². The van der Waals surface area contributed by atoms with Gasteiger partial charge in [-0.1, -0.05) is 30.7 Å². The van der Waals surface area contributed by atoms with Crippen LogP contribution in [0.4, 0.5) is 5.69 Å². The number of ether oxygens (including phenoxy) is 1. The molecular formula is C20H25ClN2O4S. The highest BCUT2D eigenvalue weighted by molar-refractivity contribution is 7.89. The molecule has 0 bridgehead atoms. The number of carbonyl (C=O) groups excluding carboxylic acids is 1. The molecule has 1 amide bonds. The number of methoxy groups -OCH3 is 1. The molecule has 0 aliphatic rings. The molecule has 2 aromatic rings. The molecule has 0 saturated carbocycles. The van der Waals surface area contributed by atoms with Crippen molar-refractivity contribution in [3.63, 3.8) is 0 Å². The summed E-state index contributed by atoms with van der Waals surface area (Å²) in [5, 5.41) is 3.26. The summed E-state index contributed by atoms with van der Waals surface area (Å²) in [5.74, 6) is -0.134. The van der Waals surface area contributed by atoms with Crippen LogP contribution in [0.15, 0.2) is 47.4 Å². The Morgan fingerprint density at radius 1 is 1.21 bits per heavy atom. The van der Waals surface area contributed by atoms with Crippen LogP contribution in [0.2, 0.25) is 5.02 Å². The van der Waals surface area contributed by atoms with E-state index in [1.54, 1.807) is 51.1 Å². The Morgan fingerprint density at radius 3 is 2.50 bits per heavy atom. The Hall–Kier alpha value is -1.93. The predicted molar refractivity (Wildman–Crippen MR) is 111 cm³/mol. The van der Waals surface area contributed by atoms with Gasteiger partial charge in [0.15, 0.2) is 0 Å². The van der Waals surface area contributed by atoms with E-state index in [4.69, 9.17) is 16.3 Å². The van der Waals surface area contributed by atoms with Gasteiger partial charge in [0.05, 0.1) is 4.90 Å². The third-order valence-corrected chi connectivity index (χ3v) is 6.35. The van der Waals surface area contributed by atoms with Gasteiger partial charge in [0.2, 0.25) is 15.9 Å². The summed E-state index contributed by atoms with van der Waals surface area (Å²) < 4.78 is 33.8. The normalized spacial score (nSPS) is 13.8. The summed E-state index contributed by atoms with van der Waals surface area (Å²) in [6, 6.07) is 11.8. The number of sulfonamides is 1. The van der Waals surface area contributed by atoms with Gasteiger partial charge in [0, 0.05) is 30.8 Å². The van der Waals surface area contributed by atoms with Crippen LogP contribution in [0, 0.1) is 6.92 Å². The Morgan fingerprint density at radius 2 is 1.93 bits per heavy atom. The maximum absolute atomic E-state index is 12.8. The number of halogens is 1. The number of carbonyl (C=O) groups is 1. The van der Waals surface area contributed by atoms with E-state index < -0.39 is 15.6 Å². The Kier molecular flexibility index (Phi) is 7.22. The zero-order valence-corrected chi connectivity index (χ0v) is 17.9. The molecule has 0 unspecified atom stereocenters. The van der Waals surface area contributed by atoms with Gasteiger partial charge in [-0.3, -0.25) is 4.79 Å². The van der Waals surface area contributed by atoms with Crippen molar-refractivity contribution in [2.45, 2.75) is 37.7 Å². The van der Waals surface area contributed by atoms with E-state index >= 15 is 0 Å². The number of nitrogens with one attached hydrogen (secondary N) is 2. The number of benzene rings is 2. The minimum atomic E-state index is -3.78. The molecule has 0 radical (unpaired) electrons. The van der Waals surface area contributed by atoms with Crippen LogP contribution in [0.5, 0.6) is 0 Å². The molecule has 0 spiro atoms. The number of aryl methyl sites for hydroxylation is 1. The van der Waals surface area contributed by atoms with Crippen molar-refractivity contribution in [1.82, 2.24) is 4.72 Å². The molecule has 28 heavy (non-hydrogen) atoms. The largest absolute Gasteiger partial charge is 0.372 e. The molecule has 1 atom stereocenters. The number of hydrogen-bond donors (Lipinski definition) is 2. The van der Waals surface area contributed by atoms with Gasteiger partial charge in [-0.15, -0.1) is 0 Å². The molecular weight excluding hydrogens is 400 g/mol. The average Bonchev–Trinajstić information content (AvgIpc) is 2.66. The van der Waals surface area contributed by atoms with Crippen molar-refractivity contribution in [2.24, 2.45) is 0 Å². The zero-order valence-electron chi connectivity index (χ0n) is 16.4. The van der Waals surface area contributed by atoms with E-state index in [-0.39, 0.29) is 17.3 Å². The fraction of sp³-hybridized carbons (Fsp3) is 0.350. The summed E-state index contributed by atoms with van der Waals surface area (Å²) in [7, 11) is -2.26. The summed E-state index contributed by atoms with van der Waals surface area (Å²) in [6.07, 6.45) is 0.347. The van der Waals surface area contributed by atoms with Crippen LogP contribution in [0.1, 0.15) is 31.4 Å². The van der Waals surface area contributed by atoms with E-state index in [0.29, 0.717) is 22.7 Å². The second-order valence-electron chi connectivity index (χ2n) is 6.65. The van der Waals surface area contributed by atoms with Crippen LogP contribution < -0.4 is 10.0 Å². The van der Waals surface area contributed by atoms with E-state index in [2.05, 4.69) is 10.0 Å². The van der Waals surface area contributed by atoms with E-state index in [0.717, 1.165) is 5.56 Å². The second-order valence-corrected chi connectivity index (χ2v) is 8.82. The third-order valence-electron chi connectivity index (χ3n) is 4.55. The minimum absolute atomic E-state index is 0.0277. The molecule has 8 heteroatoms. The first-order chi connectivity index (χ1) is 13.1. The highest BCUT2D eigenvalue weighted by atomic mass is 35.5. The fourth-order valence-electron chi connectivity index (χ4n) is 2.70. The molecule has 0 aliphatic carbocycles. The van der Waals surface area contributed by atoms with Crippen molar-refractivity contribution >= 4 is 33.2 Å². The van der Waals surface area contributed by atoms with E-state index in [9.17, 15) is 13.2 Å². The molecule has 0 aromatic heterocycles. The van der Waals surface area contributed by atoms with Gasteiger partial charge >= 0.3 is 0 Å². The van der Waals surface area contributed by atoms with Crippen LogP contribution >= 0.6 is 11.6 Å². The smallest absolute Gasteiger partial charge is 0.240 e. The third kappa shape index (κ3) is 5.32. The monoisotopic (exact) mass is 424 g/mol. The van der Waals surface area contributed by atoms with Gasteiger partial charge < -0.3 is 10.1 Å². The standard InChI is InChI=1S/C20H25ClN2O4S/c1-5-19(24)23-17-9-10-18(14(2)11-17)28(25,26)22-13-20(3,27-4)15-7-6-8-16(21)12-15/h6-12,22H,5,13H2,1-4H3,(H,23,24)/t20-/m1/s1. The molecule has 2 aromatic carbocycles. The lowest BCUT2D eigenvalue weighted by Gasteiger charge is -2.29. The maximum Gasteiger partial charge on any atom is 0.240 e. The molecule has 0 aliphatic heterocycles. The zero-order chi connectivity index (χ0) is 20.9. The lowest BCUT2D eigenvalue weighted by molar-refractivity contribution is -0.115. The first-order valence-electron chi connectivity index (χ1n) is 8.82. The predicted octanol–water partition coefficient (Wildman–Crippen LogP) is 3.84. The number of anilines is 1. The van der Waals surface area contributed by atoms with Gasteiger partial charge in [0.25, 0.3) is 0 Å². The fourth-order valence-corrected chi connectivity index (χ4v) is 4.24. The highest BCUT2D eigenvalue weighted by Crippen LogP contribution is 2.27. The van der Waals surface area contributed by atoms with Crippen LogP contribution in [0.25, 0.3) is 0 Å². The summed E-state index contributed by atoms with van der Waals surface area (Å²) in [4.78, 5) is 11.7. The summed E-state index contributed by atoms with van der Waals surface area (Å²) in [6.45, 7) is 5.25. The number of amides is 1. The minimum Gasteiger partial charge on any atom is -0.372 e. The van der Waals surface area contributed by atoms with Crippen LogP contribution in [-0.4, -0.2) is 28.0 Å². The SMILES string of the molecule is CCC(=O)Nc1ccc(S(=O)(=O)NC[C@@](C)(OC)c2cccc(Cl)c2)c(C)c1. The first kappa shape index (κ1) is 22.4. The molecule has 152 valence electrons. The maximum atomic E-state index is 12.8. The van der Waals surface area contributed by atoms with Gasteiger partial charge in [0.1, 0.15) is 5.60 Å². The lowest BCUT2D eigenvalue weighted by Crippen LogP contribution is -2.40. The molecule has 0 heterocycles. The topological polar surface area (TPSA) is 84.5 Å². The quantitative estimate of drug-likeness (QED) is 0.674. The molecule has 2 rings (SSSR count). The average molecular weight is 425 g/mol. The van der Waals surface area contributed by atoms with Crippen molar-refractivity contribution < 1.29 is 17.9 Å². The molecule has 0 fully saturated rings. The van der Waals surface area contributed by atoms with Crippen molar-refractivity contribution in [1.29, 1.82) is 0 Å². The van der Waals surface area contributed by atoms with E-state index in [1.165, 1.54) is 13.2 Å². The Labute approximate surface area is 171 Å². The summed E-state index contributed by atoms with van der Waals surface area (Å²) >= 11 is 6.05. The van der Waals surface area contributed by atoms with Crippen LogP contribution in [-0.2, 0) is 25.2 Å². The molecule has 6 nitrogen and oxygen atoms in total. The number of hydrogen-bond acceptors (Lipinski definition) is 4. The number of rotatable bonds is 8. The van der Waals surface area contributed by atoms with Crippen molar-refractivity contribution in [3.8, 4) is 0 Å². The van der Waals surface area contributed by atoms with Crippen molar-refractivity contribution in [3.05, 3.63) is 58.6 Å². The summed E-state index contributed by atoms with van der Waals surface area (Å²) in [5.41, 5.74) is 0.966. The lowest BCUT2D eigenvalue weighted by atomic mass is 9.96. The Balaban J connectivity index is 2.22. The first-order valence-corrected chi connectivity index (χ1v) is 10.7. The second kappa shape index (κ2) is 9.05. The van der Waals surface area contributed by atoms with Gasteiger partial charge in [-0.05, 0) is 55.3 Å². The van der Waals surface area contributed by atoms with Crippen molar-refractivity contribution in [2.75, 3.05) is 19.0 Å². The van der Waals surface area contributed by atoms with Crippen LogP contribution in [0.3, 0.4) is 0 Å². The Bertz CT molecular complexity index is 962. The molecule has 2 N–H and O–H groups in total. The molecule has 0 saturated heterocycles. The highest BCUT2D eigenvalue weighted by Gasteiger charge is 2.29. The van der Waals surface area contributed by atoms with E-state index in [1.807, 2.05) is 6.07 Å². The van der Waals surface area contributed by atoms with Gasteiger partial charge in [-0.2, -0.15) is 0 Å².